The van der Waals surface area contributed by atoms with Crippen molar-refractivity contribution in [2.45, 2.75) is 4.90 Å². The van der Waals surface area contributed by atoms with E-state index in [9.17, 15) is 8.42 Å². The Balaban J connectivity index is 1.71. The van der Waals surface area contributed by atoms with Gasteiger partial charge in [0, 0.05) is 35.6 Å². The van der Waals surface area contributed by atoms with Gasteiger partial charge in [-0.05, 0) is 24.3 Å². The summed E-state index contributed by atoms with van der Waals surface area (Å²) in [6, 6.07) is 11.7. The normalized spacial score (nSPS) is 12.0. The first kappa shape index (κ1) is 20.8. The number of anilines is 1. The molecule has 6 nitrogen and oxygen atoms in total. The van der Waals surface area contributed by atoms with Crippen molar-refractivity contribution >= 4 is 55.9 Å². The molecule has 0 spiro atoms. The van der Waals surface area contributed by atoms with Crippen LogP contribution in [0.4, 0.5) is 5.13 Å². The van der Waals surface area contributed by atoms with Gasteiger partial charge in [-0.1, -0.05) is 41.4 Å². The van der Waals surface area contributed by atoms with E-state index in [1.54, 1.807) is 48.7 Å². The molecule has 28 heavy (non-hydrogen) atoms. The summed E-state index contributed by atoms with van der Waals surface area (Å²) < 4.78 is 25.4. The molecule has 0 atom stereocenters. The van der Waals surface area contributed by atoms with Gasteiger partial charge in [-0.15, -0.1) is 11.3 Å². The molecule has 1 heterocycles. The second-order valence-corrected chi connectivity index (χ2v) is 9.74. The number of rotatable bonds is 6. The van der Waals surface area contributed by atoms with Crippen LogP contribution in [0, 0.1) is 0 Å². The minimum atomic E-state index is -3.45. The maximum absolute atomic E-state index is 12.1. The van der Waals surface area contributed by atoms with Crippen molar-refractivity contribution in [1.29, 1.82) is 0 Å². The first-order valence-electron chi connectivity index (χ1n) is 8.00. The Labute approximate surface area is 177 Å². The molecule has 0 radical (unpaired) electrons. The third-order valence-electron chi connectivity index (χ3n) is 3.76. The second kappa shape index (κ2) is 8.59. The van der Waals surface area contributed by atoms with Crippen molar-refractivity contribution in [2.24, 2.45) is 5.10 Å². The summed E-state index contributed by atoms with van der Waals surface area (Å²) in [5.41, 5.74) is 5.12. The fraction of sp³-hybridized carbons (Fsp3) is 0.111. The Hall–Kier alpha value is -1.97. The lowest BCUT2D eigenvalue weighted by atomic mass is 10.2. The molecular formula is C18H16Cl2N4O2S2. The van der Waals surface area contributed by atoms with Crippen molar-refractivity contribution in [1.82, 2.24) is 9.29 Å². The highest BCUT2D eigenvalue weighted by molar-refractivity contribution is 7.89. The second-order valence-electron chi connectivity index (χ2n) is 5.89. The van der Waals surface area contributed by atoms with Gasteiger partial charge in [-0.25, -0.2) is 17.7 Å². The number of nitrogens with zero attached hydrogens (tertiary/aromatic N) is 3. The van der Waals surface area contributed by atoms with E-state index in [-0.39, 0.29) is 4.90 Å². The molecule has 3 aromatic rings. The van der Waals surface area contributed by atoms with E-state index in [2.05, 4.69) is 15.5 Å². The summed E-state index contributed by atoms with van der Waals surface area (Å²) in [4.78, 5) is 4.69. The molecule has 0 aliphatic rings. The van der Waals surface area contributed by atoms with Gasteiger partial charge < -0.3 is 0 Å². The monoisotopic (exact) mass is 454 g/mol. The minimum absolute atomic E-state index is 0.235. The smallest absolute Gasteiger partial charge is 0.242 e. The van der Waals surface area contributed by atoms with Gasteiger partial charge in [0.15, 0.2) is 0 Å². The van der Waals surface area contributed by atoms with Gasteiger partial charge in [-0.2, -0.15) is 5.10 Å². The molecular weight excluding hydrogens is 439 g/mol. The quantitative estimate of drug-likeness (QED) is 0.428. The van der Waals surface area contributed by atoms with Crippen molar-refractivity contribution in [3.8, 4) is 11.3 Å². The fourth-order valence-corrected chi connectivity index (χ4v) is 4.26. The molecule has 0 aliphatic carbocycles. The van der Waals surface area contributed by atoms with Crippen LogP contribution >= 0.6 is 34.5 Å². The Kier molecular flexibility index (Phi) is 6.36. The lowest BCUT2D eigenvalue weighted by molar-refractivity contribution is 0.521. The number of aromatic nitrogens is 1. The molecule has 3 rings (SSSR count). The van der Waals surface area contributed by atoms with Gasteiger partial charge in [0.2, 0.25) is 15.2 Å². The van der Waals surface area contributed by atoms with E-state index < -0.39 is 10.0 Å². The maximum atomic E-state index is 12.1. The summed E-state index contributed by atoms with van der Waals surface area (Å²) in [6.07, 6.45) is 1.58. The van der Waals surface area contributed by atoms with E-state index in [0.29, 0.717) is 15.2 Å². The van der Waals surface area contributed by atoms with Crippen LogP contribution in [-0.4, -0.2) is 38.0 Å². The number of hydrazone groups is 1. The third kappa shape index (κ3) is 4.71. The summed E-state index contributed by atoms with van der Waals surface area (Å²) in [6.45, 7) is 0. The van der Waals surface area contributed by atoms with E-state index in [1.165, 1.54) is 29.7 Å². The predicted molar refractivity (Wildman–Crippen MR) is 116 cm³/mol. The van der Waals surface area contributed by atoms with E-state index in [1.807, 2.05) is 5.38 Å². The van der Waals surface area contributed by atoms with Crippen molar-refractivity contribution < 1.29 is 8.42 Å². The lowest BCUT2D eigenvalue weighted by Gasteiger charge is -2.11. The topological polar surface area (TPSA) is 74.7 Å². The molecule has 1 N–H and O–H groups in total. The molecule has 0 amide bonds. The largest absolute Gasteiger partial charge is 0.253 e. The molecule has 0 saturated heterocycles. The van der Waals surface area contributed by atoms with Crippen molar-refractivity contribution in [2.75, 3.05) is 19.5 Å². The van der Waals surface area contributed by atoms with E-state index in [4.69, 9.17) is 23.2 Å². The Bertz CT molecular complexity index is 1110. The van der Waals surface area contributed by atoms with Crippen LogP contribution < -0.4 is 5.43 Å². The zero-order valence-electron chi connectivity index (χ0n) is 14.9. The van der Waals surface area contributed by atoms with Crippen LogP contribution in [0.15, 0.2) is 57.8 Å². The number of hydrogen-bond acceptors (Lipinski definition) is 6. The van der Waals surface area contributed by atoms with Crippen molar-refractivity contribution in [3.63, 3.8) is 0 Å². The standard InChI is InChI=1S/C18H16Cl2N4O2S2/c1-24(2)28(25,26)15-7-4-12(5-8-15)17-11-27-18(22-17)23-21-10-13-3-6-14(19)9-16(13)20/h3-11H,1-2H3,(H,22,23)/b21-10+. The molecule has 0 unspecified atom stereocenters. The first-order chi connectivity index (χ1) is 13.3. The van der Waals surface area contributed by atoms with Crippen LogP contribution in [0.1, 0.15) is 5.56 Å². The average molecular weight is 455 g/mol. The highest BCUT2D eigenvalue weighted by atomic mass is 35.5. The highest BCUT2D eigenvalue weighted by Crippen LogP contribution is 2.26. The molecule has 10 heteroatoms. The SMILES string of the molecule is CN(C)S(=O)(=O)c1ccc(-c2csc(N/N=C/c3ccc(Cl)cc3Cl)n2)cc1. The zero-order valence-corrected chi connectivity index (χ0v) is 18.1. The van der Waals surface area contributed by atoms with Gasteiger partial charge in [0.05, 0.1) is 21.8 Å². The highest BCUT2D eigenvalue weighted by Gasteiger charge is 2.17. The molecule has 2 aromatic carbocycles. The van der Waals surface area contributed by atoms with Crippen LogP contribution in [-0.2, 0) is 10.0 Å². The molecule has 0 aliphatic heterocycles. The number of sulfonamides is 1. The third-order valence-corrected chi connectivity index (χ3v) is 6.90. The number of thiazole rings is 1. The van der Waals surface area contributed by atoms with Gasteiger partial charge >= 0.3 is 0 Å². The number of benzene rings is 2. The average Bonchev–Trinajstić information content (AvgIpc) is 3.12. The predicted octanol–water partition coefficient (Wildman–Crippen LogP) is 4.81. The van der Waals surface area contributed by atoms with Gasteiger partial charge in [0.25, 0.3) is 0 Å². The summed E-state index contributed by atoms with van der Waals surface area (Å²) >= 11 is 13.4. The van der Waals surface area contributed by atoms with Crippen molar-refractivity contribution in [3.05, 3.63) is 63.5 Å². The van der Waals surface area contributed by atoms with Crippen LogP contribution in [0.25, 0.3) is 11.3 Å². The minimum Gasteiger partial charge on any atom is -0.253 e. The number of halogens is 2. The summed E-state index contributed by atoms with van der Waals surface area (Å²) in [5, 5.41) is 7.66. The molecule has 0 fully saturated rings. The molecule has 0 saturated carbocycles. The summed E-state index contributed by atoms with van der Waals surface area (Å²) in [5.74, 6) is 0. The van der Waals surface area contributed by atoms with Crippen LogP contribution in [0.5, 0.6) is 0 Å². The molecule has 0 bridgehead atoms. The van der Waals surface area contributed by atoms with Gasteiger partial charge in [0.1, 0.15) is 0 Å². The van der Waals surface area contributed by atoms with Crippen LogP contribution in [0.3, 0.4) is 0 Å². The lowest BCUT2D eigenvalue weighted by Crippen LogP contribution is -2.22. The Morgan fingerprint density at radius 1 is 1.14 bits per heavy atom. The van der Waals surface area contributed by atoms with E-state index in [0.717, 1.165) is 16.8 Å². The Morgan fingerprint density at radius 3 is 2.50 bits per heavy atom. The fourth-order valence-electron chi connectivity index (χ4n) is 2.23. The first-order valence-corrected chi connectivity index (χ1v) is 11.1. The molecule has 146 valence electrons. The number of hydrogen-bond donors (Lipinski definition) is 1. The van der Waals surface area contributed by atoms with Crippen LogP contribution in [0.2, 0.25) is 10.0 Å². The number of nitrogens with one attached hydrogen (secondary N) is 1. The molecule has 1 aromatic heterocycles. The Morgan fingerprint density at radius 2 is 1.86 bits per heavy atom. The summed E-state index contributed by atoms with van der Waals surface area (Å²) in [7, 11) is -0.452. The van der Waals surface area contributed by atoms with Gasteiger partial charge in [-0.3, -0.25) is 5.43 Å². The zero-order chi connectivity index (χ0) is 20.3. The maximum Gasteiger partial charge on any atom is 0.242 e. The van der Waals surface area contributed by atoms with E-state index >= 15 is 0 Å².